The number of H-pyrrole nitrogens is 1. The molecule has 1 heterocycles. The van der Waals surface area contributed by atoms with Crippen molar-refractivity contribution in [3.63, 3.8) is 0 Å². The summed E-state index contributed by atoms with van der Waals surface area (Å²) in [6.07, 6.45) is 1.02. The molecule has 0 spiro atoms. The minimum Gasteiger partial charge on any atom is -0.298 e. The highest BCUT2D eigenvalue weighted by molar-refractivity contribution is 5.31. The minimum absolute atomic E-state index is 0.242. The third-order valence-electron chi connectivity index (χ3n) is 2.20. The predicted octanol–water partition coefficient (Wildman–Crippen LogP) is 1.59. The third kappa shape index (κ3) is 2.12. The van der Waals surface area contributed by atoms with Crippen LogP contribution in [0, 0.1) is 25.2 Å². The first-order valence-corrected chi connectivity index (χ1v) is 4.85. The molecule has 0 saturated carbocycles. The Morgan fingerprint density at radius 3 is 2.71 bits per heavy atom. The molecule has 0 aliphatic rings. The minimum atomic E-state index is -0.242. The fourth-order valence-corrected chi connectivity index (χ4v) is 1.49. The molecule has 1 aromatic heterocycles. The Balaban J connectivity index is 2.84. The van der Waals surface area contributed by atoms with Gasteiger partial charge in [-0.1, -0.05) is 6.92 Å². The lowest BCUT2D eigenvalue weighted by Gasteiger charge is -2.10. The van der Waals surface area contributed by atoms with Crippen molar-refractivity contribution < 1.29 is 0 Å². The molecule has 4 nitrogen and oxygen atoms in total. The van der Waals surface area contributed by atoms with Gasteiger partial charge in [-0.05, 0) is 26.8 Å². The van der Waals surface area contributed by atoms with Crippen molar-refractivity contribution in [2.24, 2.45) is 0 Å². The second-order valence-electron chi connectivity index (χ2n) is 3.36. The van der Waals surface area contributed by atoms with Crippen LogP contribution in [0.5, 0.6) is 0 Å². The smallest absolute Gasteiger partial charge is 0.124 e. The van der Waals surface area contributed by atoms with Crippen molar-refractivity contribution in [3.8, 4) is 6.07 Å². The fraction of sp³-hybridized carbons (Fsp3) is 0.600. The van der Waals surface area contributed by atoms with Crippen molar-refractivity contribution in [3.05, 3.63) is 17.0 Å². The number of hydrogen-bond acceptors (Lipinski definition) is 3. The Morgan fingerprint density at radius 1 is 1.57 bits per heavy atom. The maximum Gasteiger partial charge on any atom is 0.124 e. The van der Waals surface area contributed by atoms with Crippen molar-refractivity contribution >= 4 is 0 Å². The quantitative estimate of drug-likeness (QED) is 0.761. The number of aromatic amines is 1. The summed E-state index contributed by atoms with van der Waals surface area (Å²) in [5.74, 6) is 0. The molecule has 0 amide bonds. The SMILES string of the molecule is CCCNC(C#N)c1c(C)n[nH]c1C. The zero-order valence-corrected chi connectivity index (χ0v) is 8.89. The summed E-state index contributed by atoms with van der Waals surface area (Å²) in [4.78, 5) is 0. The van der Waals surface area contributed by atoms with Gasteiger partial charge in [-0.3, -0.25) is 10.4 Å². The van der Waals surface area contributed by atoms with E-state index in [1.165, 1.54) is 0 Å². The molecule has 0 radical (unpaired) electrons. The van der Waals surface area contributed by atoms with Crippen LogP contribution in [0.4, 0.5) is 0 Å². The predicted molar refractivity (Wildman–Crippen MR) is 54.7 cm³/mol. The lowest BCUT2D eigenvalue weighted by Crippen LogP contribution is -2.21. The second kappa shape index (κ2) is 4.77. The molecule has 76 valence electrons. The molecule has 1 rings (SSSR count). The van der Waals surface area contributed by atoms with E-state index in [2.05, 4.69) is 28.5 Å². The van der Waals surface area contributed by atoms with E-state index >= 15 is 0 Å². The molecule has 14 heavy (non-hydrogen) atoms. The standard InChI is InChI=1S/C10H16N4/c1-4-5-12-9(6-11)10-7(2)13-14-8(10)3/h9,12H,4-5H2,1-3H3,(H,13,14). The highest BCUT2D eigenvalue weighted by Gasteiger charge is 2.16. The third-order valence-corrected chi connectivity index (χ3v) is 2.20. The van der Waals surface area contributed by atoms with E-state index in [-0.39, 0.29) is 6.04 Å². The lowest BCUT2D eigenvalue weighted by atomic mass is 10.1. The molecule has 0 aliphatic carbocycles. The zero-order valence-electron chi connectivity index (χ0n) is 8.89. The molecule has 2 N–H and O–H groups in total. The summed E-state index contributed by atoms with van der Waals surface area (Å²) in [6, 6.07) is 2.01. The van der Waals surface area contributed by atoms with Crippen LogP contribution in [0.1, 0.15) is 36.3 Å². The molecule has 0 bridgehead atoms. The van der Waals surface area contributed by atoms with E-state index < -0.39 is 0 Å². The maximum atomic E-state index is 9.02. The average Bonchev–Trinajstić information content (AvgIpc) is 2.50. The van der Waals surface area contributed by atoms with Gasteiger partial charge in [0.2, 0.25) is 0 Å². The topological polar surface area (TPSA) is 64.5 Å². The van der Waals surface area contributed by atoms with Gasteiger partial charge in [0.1, 0.15) is 6.04 Å². The van der Waals surface area contributed by atoms with Crippen LogP contribution in [0.2, 0.25) is 0 Å². The Labute approximate surface area is 84.3 Å². The van der Waals surface area contributed by atoms with Crippen LogP contribution in [0.3, 0.4) is 0 Å². The molecule has 1 atom stereocenters. The number of hydrogen-bond donors (Lipinski definition) is 2. The average molecular weight is 192 g/mol. The van der Waals surface area contributed by atoms with Crippen molar-refractivity contribution in [1.82, 2.24) is 15.5 Å². The van der Waals surface area contributed by atoms with Gasteiger partial charge < -0.3 is 0 Å². The van der Waals surface area contributed by atoms with Crippen LogP contribution < -0.4 is 5.32 Å². The molecule has 0 aliphatic heterocycles. The monoisotopic (exact) mass is 192 g/mol. The van der Waals surface area contributed by atoms with Crippen LogP contribution >= 0.6 is 0 Å². The molecule has 1 unspecified atom stereocenters. The second-order valence-corrected chi connectivity index (χ2v) is 3.36. The first-order chi connectivity index (χ1) is 6.70. The summed E-state index contributed by atoms with van der Waals surface area (Å²) in [5.41, 5.74) is 2.86. The van der Waals surface area contributed by atoms with Crippen molar-refractivity contribution in [1.29, 1.82) is 5.26 Å². The van der Waals surface area contributed by atoms with E-state index in [1.54, 1.807) is 0 Å². The summed E-state index contributed by atoms with van der Waals surface area (Å²) >= 11 is 0. The molecule has 0 saturated heterocycles. The van der Waals surface area contributed by atoms with Gasteiger partial charge in [0, 0.05) is 11.3 Å². The van der Waals surface area contributed by atoms with Gasteiger partial charge in [-0.15, -0.1) is 0 Å². The van der Waals surface area contributed by atoms with Gasteiger partial charge in [0.25, 0.3) is 0 Å². The Hall–Kier alpha value is -1.34. The molecular weight excluding hydrogens is 176 g/mol. The largest absolute Gasteiger partial charge is 0.298 e. The summed E-state index contributed by atoms with van der Waals surface area (Å²) in [7, 11) is 0. The zero-order chi connectivity index (χ0) is 10.6. The van der Waals surface area contributed by atoms with Crippen molar-refractivity contribution in [2.45, 2.75) is 33.2 Å². The molecular formula is C10H16N4. The maximum absolute atomic E-state index is 9.02. The van der Waals surface area contributed by atoms with Gasteiger partial charge in [-0.25, -0.2) is 0 Å². The van der Waals surface area contributed by atoms with E-state index in [0.717, 1.165) is 29.9 Å². The normalized spacial score (nSPS) is 12.4. The van der Waals surface area contributed by atoms with E-state index in [0.29, 0.717) is 0 Å². The highest BCUT2D eigenvalue weighted by atomic mass is 15.1. The molecule has 1 aromatic rings. The lowest BCUT2D eigenvalue weighted by molar-refractivity contribution is 0.617. The summed E-state index contributed by atoms with van der Waals surface area (Å²) < 4.78 is 0. The Morgan fingerprint density at radius 2 is 2.29 bits per heavy atom. The van der Waals surface area contributed by atoms with Crippen LogP contribution in [-0.2, 0) is 0 Å². The fourth-order valence-electron chi connectivity index (χ4n) is 1.49. The molecule has 4 heteroatoms. The van der Waals surface area contributed by atoms with E-state index in [1.807, 2.05) is 13.8 Å². The van der Waals surface area contributed by atoms with Gasteiger partial charge >= 0.3 is 0 Å². The Bertz CT molecular complexity index is 315. The van der Waals surface area contributed by atoms with Crippen molar-refractivity contribution in [2.75, 3.05) is 6.54 Å². The Kier molecular flexibility index (Phi) is 3.66. The highest BCUT2D eigenvalue weighted by Crippen LogP contribution is 2.18. The van der Waals surface area contributed by atoms with Gasteiger partial charge in [0.05, 0.1) is 11.8 Å². The van der Waals surface area contributed by atoms with Gasteiger partial charge in [0.15, 0.2) is 0 Å². The number of nitriles is 1. The van der Waals surface area contributed by atoms with Crippen LogP contribution in [-0.4, -0.2) is 16.7 Å². The number of aryl methyl sites for hydroxylation is 2. The van der Waals surface area contributed by atoms with Gasteiger partial charge in [-0.2, -0.15) is 10.4 Å². The molecule has 0 aromatic carbocycles. The first-order valence-electron chi connectivity index (χ1n) is 4.85. The summed E-state index contributed by atoms with van der Waals surface area (Å²) in [6.45, 7) is 6.78. The number of nitrogens with zero attached hydrogens (tertiary/aromatic N) is 2. The number of aromatic nitrogens is 2. The van der Waals surface area contributed by atoms with E-state index in [4.69, 9.17) is 5.26 Å². The first kappa shape index (κ1) is 10.7. The van der Waals surface area contributed by atoms with E-state index in [9.17, 15) is 0 Å². The van der Waals surface area contributed by atoms with Crippen LogP contribution in [0.15, 0.2) is 0 Å². The molecule has 0 fully saturated rings. The summed E-state index contributed by atoms with van der Waals surface area (Å²) in [5, 5.41) is 19.2. The van der Waals surface area contributed by atoms with Crippen LogP contribution in [0.25, 0.3) is 0 Å². The number of nitrogens with one attached hydrogen (secondary N) is 2. The number of rotatable bonds is 4.